The molecule has 3 rings (SSSR count). The zero-order valence-electron chi connectivity index (χ0n) is 12.2. The third-order valence-corrected chi connectivity index (χ3v) is 6.32. The third kappa shape index (κ3) is 1.80. The van der Waals surface area contributed by atoms with Crippen molar-refractivity contribution in [2.24, 2.45) is 16.7 Å². The number of rotatable bonds is 3. The van der Waals surface area contributed by atoms with E-state index in [0.29, 0.717) is 22.6 Å². The van der Waals surface area contributed by atoms with E-state index >= 15 is 0 Å². The summed E-state index contributed by atoms with van der Waals surface area (Å²) in [5, 5.41) is 13.5. The van der Waals surface area contributed by atoms with Crippen molar-refractivity contribution in [3.63, 3.8) is 0 Å². The second kappa shape index (κ2) is 4.24. The van der Waals surface area contributed by atoms with Crippen LogP contribution >= 0.6 is 0 Å². The molecule has 0 aromatic heterocycles. The van der Waals surface area contributed by atoms with Gasteiger partial charge in [0.2, 0.25) is 0 Å². The van der Waals surface area contributed by atoms with Gasteiger partial charge in [-0.2, -0.15) is 0 Å². The minimum absolute atomic E-state index is 0.405. The summed E-state index contributed by atoms with van der Waals surface area (Å²) in [5.41, 5.74) is 1.86. The highest BCUT2D eigenvalue weighted by atomic mass is 16.3. The van der Waals surface area contributed by atoms with E-state index in [-0.39, 0.29) is 0 Å². The first-order valence-electron chi connectivity index (χ1n) is 7.45. The van der Waals surface area contributed by atoms with Gasteiger partial charge in [0.15, 0.2) is 0 Å². The lowest BCUT2D eigenvalue weighted by molar-refractivity contribution is 0.120. The summed E-state index contributed by atoms with van der Waals surface area (Å²) in [7, 11) is 0. The Hall–Kier alpha value is -1.02. The molecular formula is C17H25NO. The van der Waals surface area contributed by atoms with Gasteiger partial charge >= 0.3 is 0 Å². The first kappa shape index (κ1) is 13.0. The van der Waals surface area contributed by atoms with Gasteiger partial charge in [-0.3, -0.25) is 0 Å². The molecule has 0 heterocycles. The van der Waals surface area contributed by atoms with Crippen LogP contribution in [0.5, 0.6) is 5.75 Å². The van der Waals surface area contributed by atoms with Crippen molar-refractivity contribution in [2.75, 3.05) is 0 Å². The first-order valence-corrected chi connectivity index (χ1v) is 7.45. The van der Waals surface area contributed by atoms with Gasteiger partial charge in [-0.25, -0.2) is 0 Å². The number of hydrogen-bond acceptors (Lipinski definition) is 2. The van der Waals surface area contributed by atoms with Gasteiger partial charge in [-0.1, -0.05) is 39.0 Å². The predicted octanol–water partition coefficient (Wildman–Crippen LogP) is 3.70. The van der Waals surface area contributed by atoms with Crippen LogP contribution in [-0.4, -0.2) is 11.1 Å². The average Bonchev–Trinajstić information content (AvgIpc) is 2.70. The van der Waals surface area contributed by atoms with Crippen LogP contribution in [0.3, 0.4) is 0 Å². The molecule has 1 aromatic rings. The Labute approximate surface area is 116 Å². The molecule has 2 nitrogen and oxygen atoms in total. The van der Waals surface area contributed by atoms with E-state index in [4.69, 9.17) is 0 Å². The van der Waals surface area contributed by atoms with Crippen LogP contribution in [0.2, 0.25) is 0 Å². The smallest absolute Gasteiger partial charge is 0.120 e. The van der Waals surface area contributed by atoms with Crippen molar-refractivity contribution in [3.05, 3.63) is 29.8 Å². The minimum atomic E-state index is 0.405. The fourth-order valence-corrected chi connectivity index (χ4v) is 4.41. The zero-order valence-corrected chi connectivity index (χ0v) is 12.2. The topological polar surface area (TPSA) is 32.3 Å². The number of fused-ring (bicyclic) bond motifs is 2. The Bertz CT molecular complexity index is 482. The van der Waals surface area contributed by atoms with Crippen molar-refractivity contribution < 1.29 is 5.11 Å². The zero-order chi connectivity index (χ0) is 13.7. The molecule has 0 amide bonds. The van der Waals surface area contributed by atoms with E-state index in [1.54, 1.807) is 6.07 Å². The van der Waals surface area contributed by atoms with Crippen LogP contribution in [0.15, 0.2) is 24.3 Å². The molecule has 104 valence electrons. The minimum Gasteiger partial charge on any atom is -0.508 e. The van der Waals surface area contributed by atoms with Crippen LogP contribution in [0.25, 0.3) is 0 Å². The lowest BCUT2D eigenvalue weighted by atomic mass is 9.69. The normalized spacial score (nSPS) is 35.7. The van der Waals surface area contributed by atoms with Crippen LogP contribution in [-0.2, 0) is 6.54 Å². The Morgan fingerprint density at radius 2 is 2.00 bits per heavy atom. The van der Waals surface area contributed by atoms with Gasteiger partial charge in [-0.05, 0) is 42.1 Å². The molecule has 19 heavy (non-hydrogen) atoms. The predicted molar refractivity (Wildman–Crippen MR) is 78.0 cm³/mol. The third-order valence-electron chi connectivity index (χ3n) is 6.32. The summed E-state index contributed by atoms with van der Waals surface area (Å²) in [6.07, 6.45) is 4.01. The average molecular weight is 259 g/mol. The summed E-state index contributed by atoms with van der Waals surface area (Å²) < 4.78 is 0. The highest BCUT2D eigenvalue weighted by molar-refractivity contribution is 5.31. The molecule has 0 unspecified atom stereocenters. The van der Waals surface area contributed by atoms with Crippen molar-refractivity contribution in [1.29, 1.82) is 0 Å². The molecule has 0 spiro atoms. The Kier molecular flexibility index (Phi) is 2.90. The summed E-state index contributed by atoms with van der Waals surface area (Å²) in [6, 6.07) is 8.22. The fourth-order valence-electron chi connectivity index (χ4n) is 4.41. The second-order valence-electron chi connectivity index (χ2n) is 7.17. The highest BCUT2D eigenvalue weighted by Crippen LogP contribution is 2.65. The monoisotopic (exact) mass is 259 g/mol. The van der Waals surface area contributed by atoms with Gasteiger partial charge in [0, 0.05) is 18.2 Å². The number of nitrogens with one attached hydrogen (secondary N) is 1. The van der Waals surface area contributed by atoms with Crippen molar-refractivity contribution in [1.82, 2.24) is 5.32 Å². The number of hydrogen-bond donors (Lipinski definition) is 2. The molecule has 0 aliphatic heterocycles. The summed E-state index contributed by atoms with van der Waals surface area (Å²) in [5.74, 6) is 1.27. The largest absolute Gasteiger partial charge is 0.508 e. The van der Waals surface area contributed by atoms with Gasteiger partial charge in [-0.15, -0.1) is 0 Å². The molecule has 2 bridgehead atoms. The maximum absolute atomic E-state index is 9.84. The Balaban J connectivity index is 1.71. The molecule has 2 saturated carbocycles. The molecule has 2 aliphatic carbocycles. The Morgan fingerprint density at radius 1 is 1.26 bits per heavy atom. The number of phenols is 1. The molecular weight excluding hydrogens is 234 g/mol. The van der Waals surface area contributed by atoms with E-state index in [2.05, 4.69) is 26.1 Å². The quantitative estimate of drug-likeness (QED) is 0.867. The molecule has 2 aliphatic rings. The van der Waals surface area contributed by atoms with Crippen LogP contribution in [0.4, 0.5) is 0 Å². The van der Waals surface area contributed by atoms with Crippen LogP contribution in [0.1, 0.15) is 45.6 Å². The van der Waals surface area contributed by atoms with Crippen molar-refractivity contribution in [3.8, 4) is 5.75 Å². The molecule has 1 aromatic carbocycles. The summed E-state index contributed by atoms with van der Waals surface area (Å²) in [4.78, 5) is 0. The lowest BCUT2D eigenvalue weighted by Crippen LogP contribution is -2.44. The summed E-state index contributed by atoms with van der Waals surface area (Å²) >= 11 is 0. The lowest BCUT2D eigenvalue weighted by Gasteiger charge is -2.39. The van der Waals surface area contributed by atoms with Crippen molar-refractivity contribution in [2.45, 2.75) is 52.6 Å². The standard InChI is InChI=1S/C17H25NO/c1-16(2)13-8-9-17(16,3)15(10-13)18-11-12-6-4-5-7-14(12)19/h4-7,13,15,18-19H,8-11H2,1-3H3/t13-,15+,17-/m0/s1. The van der Waals surface area contributed by atoms with E-state index in [9.17, 15) is 5.11 Å². The van der Waals surface area contributed by atoms with Gasteiger partial charge in [0.1, 0.15) is 5.75 Å². The molecule has 0 radical (unpaired) electrons. The van der Waals surface area contributed by atoms with E-state index in [1.807, 2.05) is 18.2 Å². The van der Waals surface area contributed by atoms with Gasteiger partial charge in [0.05, 0.1) is 0 Å². The summed E-state index contributed by atoms with van der Waals surface area (Å²) in [6.45, 7) is 8.09. The Morgan fingerprint density at radius 3 is 2.58 bits per heavy atom. The van der Waals surface area contributed by atoms with E-state index in [1.165, 1.54) is 19.3 Å². The number of para-hydroxylation sites is 1. The number of aromatic hydroxyl groups is 1. The second-order valence-corrected chi connectivity index (χ2v) is 7.17. The number of phenolic OH excluding ortho intramolecular Hbond substituents is 1. The van der Waals surface area contributed by atoms with Gasteiger partial charge < -0.3 is 10.4 Å². The maximum atomic E-state index is 9.84. The SMILES string of the molecule is CC1(C)[C@H]2CC[C@@]1(C)[C@H](NCc1ccccc1O)C2. The maximum Gasteiger partial charge on any atom is 0.120 e. The van der Waals surface area contributed by atoms with E-state index in [0.717, 1.165) is 18.0 Å². The molecule has 2 N–H and O–H groups in total. The number of benzene rings is 1. The molecule has 2 fully saturated rings. The molecule has 0 saturated heterocycles. The van der Waals surface area contributed by atoms with Gasteiger partial charge in [0.25, 0.3) is 0 Å². The van der Waals surface area contributed by atoms with Crippen LogP contribution in [0, 0.1) is 16.7 Å². The highest BCUT2D eigenvalue weighted by Gasteiger charge is 2.60. The molecule has 2 heteroatoms. The van der Waals surface area contributed by atoms with Crippen molar-refractivity contribution >= 4 is 0 Å². The van der Waals surface area contributed by atoms with E-state index < -0.39 is 0 Å². The fraction of sp³-hybridized carbons (Fsp3) is 0.647. The molecule has 3 atom stereocenters. The van der Waals surface area contributed by atoms with Crippen LogP contribution < -0.4 is 5.32 Å². The first-order chi connectivity index (χ1) is 8.95.